The molecule has 2 aromatic carbocycles. The molecule has 0 radical (unpaired) electrons. The van der Waals surface area contributed by atoms with Crippen LogP contribution in [0.1, 0.15) is 28.3 Å². The fourth-order valence-electron chi connectivity index (χ4n) is 2.43. The average Bonchev–Trinajstić information content (AvgIpc) is 2.43. The molecule has 1 nitrogen and oxygen atoms in total. The van der Waals surface area contributed by atoms with Gasteiger partial charge in [-0.1, -0.05) is 47.5 Å². The van der Waals surface area contributed by atoms with Gasteiger partial charge >= 0.3 is 0 Å². The lowest BCUT2D eigenvalue weighted by Gasteiger charge is -2.20. The molecule has 2 rings (SSSR count). The Morgan fingerprint density at radius 2 is 1.95 bits per heavy atom. The van der Waals surface area contributed by atoms with Crippen molar-refractivity contribution in [2.75, 3.05) is 7.05 Å². The van der Waals surface area contributed by atoms with Crippen LogP contribution in [0.5, 0.6) is 0 Å². The molecule has 1 N–H and O–H groups in total. The van der Waals surface area contributed by atoms with Gasteiger partial charge < -0.3 is 5.32 Å². The van der Waals surface area contributed by atoms with Crippen LogP contribution >= 0.6 is 11.6 Å². The van der Waals surface area contributed by atoms with Crippen molar-refractivity contribution >= 4 is 11.6 Å². The molecular weight excluding hydrogens is 273 g/mol. The predicted molar refractivity (Wildman–Crippen MR) is 82.8 cm³/mol. The molecular formula is C17H19ClFN. The minimum Gasteiger partial charge on any atom is -0.313 e. The van der Waals surface area contributed by atoms with Crippen molar-refractivity contribution in [1.29, 1.82) is 0 Å². The zero-order valence-corrected chi connectivity index (χ0v) is 12.8. The number of hydrogen-bond donors (Lipinski definition) is 1. The number of nitrogens with one attached hydrogen (secondary N) is 1. The zero-order chi connectivity index (χ0) is 14.7. The van der Waals surface area contributed by atoms with Crippen molar-refractivity contribution in [3.8, 4) is 0 Å². The molecule has 0 saturated heterocycles. The van der Waals surface area contributed by atoms with Crippen LogP contribution in [-0.2, 0) is 6.42 Å². The van der Waals surface area contributed by atoms with Crippen molar-refractivity contribution in [3.05, 3.63) is 69.5 Å². The predicted octanol–water partition coefficient (Wildman–Crippen LogP) is 4.60. The zero-order valence-electron chi connectivity index (χ0n) is 12.0. The summed E-state index contributed by atoms with van der Waals surface area (Å²) in [5.74, 6) is -0.361. The molecule has 106 valence electrons. The van der Waals surface area contributed by atoms with Gasteiger partial charge in [0.1, 0.15) is 5.82 Å². The molecule has 0 bridgehead atoms. The van der Waals surface area contributed by atoms with E-state index in [-0.39, 0.29) is 16.9 Å². The third kappa shape index (κ3) is 3.20. The van der Waals surface area contributed by atoms with Gasteiger partial charge in [-0.2, -0.15) is 0 Å². The minimum atomic E-state index is -0.361. The maximum absolute atomic E-state index is 13.5. The summed E-state index contributed by atoms with van der Waals surface area (Å²) in [6.45, 7) is 4.16. The summed E-state index contributed by atoms with van der Waals surface area (Å²) in [5, 5.41) is 3.52. The lowest BCUT2D eigenvalue weighted by molar-refractivity contribution is 0.581. The Bertz CT molecular complexity index is 610. The highest BCUT2D eigenvalue weighted by molar-refractivity contribution is 6.31. The Morgan fingerprint density at radius 1 is 1.20 bits per heavy atom. The Kier molecular flexibility index (Phi) is 4.79. The number of likely N-dealkylation sites (N-methyl/N-ethyl adjacent to an activating group) is 1. The van der Waals surface area contributed by atoms with Crippen molar-refractivity contribution in [2.24, 2.45) is 0 Å². The van der Waals surface area contributed by atoms with Crippen LogP contribution in [0.2, 0.25) is 5.02 Å². The van der Waals surface area contributed by atoms with Crippen LogP contribution in [-0.4, -0.2) is 7.05 Å². The van der Waals surface area contributed by atoms with E-state index in [0.29, 0.717) is 6.42 Å². The summed E-state index contributed by atoms with van der Waals surface area (Å²) < 4.78 is 13.5. The standard InChI is InChI=1S/C17H19ClFN/c1-11-7-8-12(2)14(9-11)16(20-3)10-13-5-4-6-15(19)17(13)18/h4-9,16,20H,10H2,1-3H3. The normalized spacial score (nSPS) is 12.4. The van der Waals surface area contributed by atoms with E-state index in [1.807, 2.05) is 13.1 Å². The summed E-state index contributed by atoms with van der Waals surface area (Å²) in [7, 11) is 1.92. The highest BCUT2D eigenvalue weighted by atomic mass is 35.5. The first-order valence-corrected chi connectivity index (χ1v) is 7.08. The molecule has 2 aromatic rings. The Balaban J connectivity index is 2.34. The number of rotatable bonds is 4. The summed E-state index contributed by atoms with van der Waals surface area (Å²) in [6, 6.07) is 11.5. The molecule has 20 heavy (non-hydrogen) atoms. The Labute approximate surface area is 124 Å². The Hall–Kier alpha value is -1.38. The van der Waals surface area contributed by atoms with Gasteiger partial charge in [0.15, 0.2) is 0 Å². The maximum atomic E-state index is 13.5. The monoisotopic (exact) mass is 291 g/mol. The van der Waals surface area contributed by atoms with Crippen molar-refractivity contribution in [2.45, 2.75) is 26.3 Å². The van der Waals surface area contributed by atoms with E-state index in [1.54, 1.807) is 6.07 Å². The minimum absolute atomic E-state index is 0.120. The molecule has 0 saturated carbocycles. The number of benzene rings is 2. The van der Waals surface area contributed by atoms with Crippen LogP contribution in [0, 0.1) is 19.7 Å². The molecule has 0 spiro atoms. The second-order valence-corrected chi connectivity index (χ2v) is 5.50. The third-order valence-corrected chi connectivity index (χ3v) is 4.04. The quantitative estimate of drug-likeness (QED) is 0.868. The van der Waals surface area contributed by atoms with Gasteiger partial charge in [-0.3, -0.25) is 0 Å². The molecule has 0 aromatic heterocycles. The van der Waals surface area contributed by atoms with Gasteiger partial charge in [0.05, 0.1) is 5.02 Å². The molecule has 0 aliphatic rings. The summed E-state index contributed by atoms with van der Waals surface area (Å²) in [5.41, 5.74) is 4.50. The highest BCUT2D eigenvalue weighted by Gasteiger charge is 2.15. The molecule has 1 atom stereocenters. The smallest absolute Gasteiger partial charge is 0.142 e. The SMILES string of the molecule is CNC(Cc1cccc(F)c1Cl)c1cc(C)ccc1C. The summed E-state index contributed by atoms with van der Waals surface area (Å²) in [6.07, 6.45) is 0.664. The van der Waals surface area contributed by atoms with E-state index in [4.69, 9.17) is 11.6 Å². The van der Waals surface area contributed by atoms with Crippen molar-refractivity contribution < 1.29 is 4.39 Å². The number of halogens is 2. The second kappa shape index (κ2) is 6.38. The molecule has 0 aliphatic carbocycles. The van der Waals surface area contributed by atoms with Gasteiger partial charge in [-0.05, 0) is 50.1 Å². The summed E-state index contributed by atoms with van der Waals surface area (Å²) in [4.78, 5) is 0. The number of aryl methyl sites for hydroxylation is 2. The van der Waals surface area contributed by atoms with E-state index < -0.39 is 0 Å². The lowest BCUT2D eigenvalue weighted by Crippen LogP contribution is -2.20. The first kappa shape index (κ1) is 15.0. The van der Waals surface area contributed by atoms with Crippen molar-refractivity contribution in [3.63, 3.8) is 0 Å². The molecule has 3 heteroatoms. The van der Waals surface area contributed by atoms with Crippen LogP contribution < -0.4 is 5.32 Å². The molecule has 0 heterocycles. The topological polar surface area (TPSA) is 12.0 Å². The molecule has 0 amide bonds. The fourth-order valence-corrected chi connectivity index (χ4v) is 2.63. The van der Waals surface area contributed by atoms with E-state index in [0.717, 1.165) is 5.56 Å². The third-order valence-electron chi connectivity index (χ3n) is 3.61. The largest absolute Gasteiger partial charge is 0.313 e. The van der Waals surface area contributed by atoms with E-state index in [1.165, 1.54) is 22.8 Å². The average molecular weight is 292 g/mol. The van der Waals surface area contributed by atoms with Gasteiger partial charge in [0, 0.05) is 6.04 Å². The second-order valence-electron chi connectivity index (χ2n) is 5.12. The van der Waals surface area contributed by atoms with Crippen LogP contribution in [0.25, 0.3) is 0 Å². The van der Waals surface area contributed by atoms with Crippen LogP contribution in [0.3, 0.4) is 0 Å². The lowest BCUT2D eigenvalue weighted by atomic mass is 9.94. The van der Waals surface area contributed by atoms with Gasteiger partial charge in [-0.15, -0.1) is 0 Å². The van der Waals surface area contributed by atoms with Gasteiger partial charge in [0.2, 0.25) is 0 Å². The fraction of sp³-hybridized carbons (Fsp3) is 0.294. The Morgan fingerprint density at radius 3 is 2.65 bits per heavy atom. The first-order valence-electron chi connectivity index (χ1n) is 6.70. The van der Waals surface area contributed by atoms with Crippen molar-refractivity contribution in [1.82, 2.24) is 5.32 Å². The maximum Gasteiger partial charge on any atom is 0.142 e. The van der Waals surface area contributed by atoms with E-state index in [2.05, 4.69) is 37.4 Å². The first-order chi connectivity index (χ1) is 9.52. The number of hydrogen-bond acceptors (Lipinski definition) is 1. The van der Waals surface area contributed by atoms with Crippen LogP contribution in [0.4, 0.5) is 4.39 Å². The summed E-state index contributed by atoms with van der Waals surface area (Å²) >= 11 is 6.05. The van der Waals surface area contributed by atoms with Gasteiger partial charge in [-0.25, -0.2) is 4.39 Å². The van der Waals surface area contributed by atoms with Gasteiger partial charge in [0.25, 0.3) is 0 Å². The van der Waals surface area contributed by atoms with Crippen LogP contribution in [0.15, 0.2) is 36.4 Å². The van der Waals surface area contributed by atoms with E-state index >= 15 is 0 Å². The van der Waals surface area contributed by atoms with E-state index in [9.17, 15) is 4.39 Å². The molecule has 1 unspecified atom stereocenters. The molecule has 0 fully saturated rings. The molecule has 0 aliphatic heterocycles. The highest BCUT2D eigenvalue weighted by Crippen LogP contribution is 2.27.